The summed E-state index contributed by atoms with van der Waals surface area (Å²) in [5, 5.41) is 16.9. The van der Waals surface area contributed by atoms with Crippen LogP contribution in [0.1, 0.15) is 19.3 Å². The van der Waals surface area contributed by atoms with Crippen LogP contribution in [0.3, 0.4) is 0 Å². The summed E-state index contributed by atoms with van der Waals surface area (Å²) in [6.07, 6.45) is 3.09. The van der Waals surface area contributed by atoms with E-state index in [1.807, 2.05) is 11.8 Å². The lowest BCUT2D eigenvalue weighted by Gasteiger charge is -2.25. The number of aliphatic hydroxyl groups is 1. The Bertz CT molecular complexity index is 300. The van der Waals surface area contributed by atoms with Gasteiger partial charge in [-0.25, -0.2) is 0 Å². The molecule has 0 spiro atoms. The number of aliphatic imine (C=N–C) groups is 1. The van der Waals surface area contributed by atoms with Crippen LogP contribution in [0, 0.1) is 5.92 Å². The fourth-order valence-electron chi connectivity index (χ4n) is 2.40. The first-order valence-corrected chi connectivity index (χ1v) is 8.20. The van der Waals surface area contributed by atoms with Crippen LogP contribution in [-0.2, 0) is 4.74 Å². The Morgan fingerprint density at radius 1 is 1.42 bits per heavy atom. The number of thioether (sulfide) groups is 1. The van der Waals surface area contributed by atoms with Gasteiger partial charge >= 0.3 is 0 Å². The molecule has 0 aromatic rings. The zero-order chi connectivity index (χ0) is 13.6. The first-order valence-electron chi connectivity index (χ1n) is 7.04. The van der Waals surface area contributed by atoms with E-state index in [1.165, 1.54) is 0 Å². The summed E-state index contributed by atoms with van der Waals surface area (Å²) in [4.78, 5) is 4.21. The Labute approximate surface area is 119 Å². The summed E-state index contributed by atoms with van der Waals surface area (Å²) in [6, 6.07) is 0. The Kier molecular flexibility index (Phi) is 5.78. The van der Waals surface area contributed by atoms with Gasteiger partial charge < -0.3 is 20.5 Å². The van der Waals surface area contributed by atoms with Gasteiger partial charge in [0.25, 0.3) is 0 Å². The van der Waals surface area contributed by atoms with Crippen LogP contribution in [0.4, 0.5) is 0 Å². The monoisotopic (exact) mass is 287 g/mol. The minimum absolute atomic E-state index is 0.568. The van der Waals surface area contributed by atoms with Crippen LogP contribution in [0.25, 0.3) is 0 Å². The van der Waals surface area contributed by atoms with Crippen LogP contribution < -0.4 is 10.6 Å². The van der Waals surface area contributed by atoms with E-state index >= 15 is 0 Å². The van der Waals surface area contributed by atoms with E-state index in [1.54, 1.807) is 7.05 Å². The molecule has 110 valence electrons. The van der Waals surface area contributed by atoms with Crippen molar-refractivity contribution >= 4 is 17.7 Å². The largest absolute Gasteiger partial charge is 0.387 e. The number of nitrogens with zero attached hydrogens (tertiary/aromatic N) is 1. The first kappa shape index (κ1) is 14.9. The maximum Gasteiger partial charge on any atom is 0.191 e. The van der Waals surface area contributed by atoms with Crippen LogP contribution in [-0.4, -0.2) is 61.5 Å². The molecule has 2 heterocycles. The second-order valence-corrected chi connectivity index (χ2v) is 6.49. The molecule has 3 N–H and O–H groups in total. The van der Waals surface area contributed by atoms with E-state index < -0.39 is 5.60 Å². The van der Waals surface area contributed by atoms with Gasteiger partial charge in [-0.3, -0.25) is 4.99 Å². The predicted octanol–water partition coefficient (Wildman–Crippen LogP) is 0.446. The molecule has 0 bridgehead atoms. The van der Waals surface area contributed by atoms with Gasteiger partial charge in [0.1, 0.15) is 0 Å². The van der Waals surface area contributed by atoms with Crippen molar-refractivity contribution in [3.8, 4) is 0 Å². The van der Waals surface area contributed by atoms with Crippen molar-refractivity contribution in [2.24, 2.45) is 10.9 Å². The van der Waals surface area contributed by atoms with E-state index in [2.05, 4.69) is 15.6 Å². The van der Waals surface area contributed by atoms with E-state index in [9.17, 15) is 5.11 Å². The summed E-state index contributed by atoms with van der Waals surface area (Å²) in [6.45, 7) is 3.24. The maximum absolute atomic E-state index is 10.3. The molecular formula is C13H25N3O2S. The van der Waals surface area contributed by atoms with E-state index in [0.717, 1.165) is 56.5 Å². The van der Waals surface area contributed by atoms with E-state index in [-0.39, 0.29) is 0 Å². The summed E-state index contributed by atoms with van der Waals surface area (Å²) >= 11 is 1.81. The molecular weight excluding hydrogens is 262 g/mol. The standard InChI is InChI=1S/C13H25N3O2S/c1-14-12(15-8-11-2-5-18-6-3-11)16-9-13(17)4-7-19-10-13/h11,17H,2-10H2,1H3,(H2,14,15,16). The van der Waals surface area contributed by atoms with E-state index in [4.69, 9.17) is 4.74 Å². The quantitative estimate of drug-likeness (QED) is 0.517. The molecule has 2 aliphatic heterocycles. The van der Waals surface area contributed by atoms with E-state index in [0.29, 0.717) is 12.5 Å². The molecule has 2 aliphatic rings. The maximum atomic E-state index is 10.3. The average molecular weight is 287 g/mol. The molecule has 0 aliphatic carbocycles. The van der Waals surface area contributed by atoms with Crippen LogP contribution >= 0.6 is 11.8 Å². The second kappa shape index (κ2) is 7.36. The van der Waals surface area contributed by atoms with Crippen molar-refractivity contribution < 1.29 is 9.84 Å². The van der Waals surface area contributed by atoms with Gasteiger partial charge in [-0.05, 0) is 30.9 Å². The predicted molar refractivity (Wildman–Crippen MR) is 79.8 cm³/mol. The number of rotatable bonds is 4. The van der Waals surface area contributed by atoms with Gasteiger partial charge in [0.15, 0.2) is 5.96 Å². The Balaban J connectivity index is 1.68. The molecule has 6 heteroatoms. The van der Waals surface area contributed by atoms with Gasteiger partial charge in [0.05, 0.1) is 5.60 Å². The lowest BCUT2D eigenvalue weighted by atomic mass is 10.0. The third-order valence-corrected chi connectivity index (χ3v) is 5.02. The van der Waals surface area contributed by atoms with Crippen molar-refractivity contribution in [1.82, 2.24) is 10.6 Å². The number of hydrogen-bond acceptors (Lipinski definition) is 4. The lowest BCUT2D eigenvalue weighted by Crippen LogP contribution is -2.48. The highest BCUT2D eigenvalue weighted by molar-refractivity contribution is 7.99. The molecule has 1 unspecified atom stereocenters. The molecule has 0 saturated carbocycles. The molecule has 1 atom stereocenters. The number of ether oxygens (including phenoxy) is 1. The Morgan fingerprint density at radius 3 is 2.84 bits per heavy atom. The molecule has 5 nitrogen and oxygen atoms in total. The van der Waals surface area contributed by atoms with Gasteiger partial charge in [-0.15, -0.1) is 0 Å². The first-order chi connectivity index (χ1) is 9.22. The summed E-state index contributed by atoms with van der Waals surface area (Å²) in [5.41, 5.74) is -0.568. The fraction of sp³-hybridized carbons (Fsp3) is 0.923. The highest BCUT2D eigenvalue weighted by atomic mass is 32.2. The average Bonchev–Trinajstić information content (AvgIpc) is 2.87. The van der Waals surface area contributed by atoms with Gasteiger partial charge in [-0.1, -0.05) is 0 Å². The summed E-state index contributed by atoms with van der Waals surface area (Å²) in [7, 11) is 1.77. The smallest absolute Gasteiger partial charge is 0.191 e. The zero-order valence-electron chi connectivity index (χ0n) is 11.7. The van der Waals surface area contributed by atoms with Crippen molar-refractivity contribution in [1.29, 1.82) is 0 Å². The molecule has 2 rings (SSSR count). The molecule has 19 heavy (non-hydrogen) atoms. The second-order valence-electron chi connectivity index (χ2n) is 5.39. The van der Waals surface area contributed by atoms with Gasteiger partial charge in [0, 0.05) is 39.1 Å². The molecule has 2 fully saturated rings. The normalized spacial score (nSPS) is 29.5. The zero-order valence-corrected chi connectivity index (χ0v) is 12.5. The minimum Gasteiger partial charge on any atom is -0.387 e. The van der Waals surface area contributed by atoms with Crippen molar-refractivity contribution in [2.45, 2.75) is 24.9 Å². The molecule has 0 amide bonds. The molecule has 0 aromatic heterocycles. The number of nitrogens with one attached hydrogen (secondary N) is 2. The highest BCUT2D eigenvalue weighted by Gasteiger charge is 2.31. The Morgan fingerprint density at radius 2 is 2.21 bits per heavy atom. The highest BCUT2D eigenvalue weighted by Crippen LogP contribution is 2.26. The molecule has 0 radical (unpaired) electrons. The number of hydrogen-bond donors (Lipinski definition) is 3. The topological polar surface area (TPSA) is 65.9 Å². The molecule has 2 saturated heterocycles. The van der Waals surface area contributed by atoms with Gasteiger partial charge in [0.2, 0.25) is 0 Å². The third-order valence-electron chi connectivity index (χ3n) is 3.79. The lowest BCUT2D eigenvalue weighted by molar-refractivity contribution is 0.0670. The van der Waals surface area contributed by atoms with Crippen molar-refractivity contribution in [3.05, 3.63) is 0 Å². The van der Waals surface area contributed by atoms with Crippen LogP contribution in [0.5, 0.6) is 0 Å². The van der Waals surface area contributed by atoms with Crippen molar-refractivity contribution in [2.75, 3.05) is 44.9 Å². The molecule has 0 aromatic carbocycles. The van der Waals surface area contributed by atoms with Gasteiger partial charge in [-0.2, -0.15) is 11.8 Å². The summed E-state index contributed by atoms with van der Waals surface area (Å²) < 4.78 is 5.35. The summed E-state index contributed by atoms with van der Waals surface area (Å²) in [5.74, 6) is 3.32. The minimum atomic E-state index is -0.568. The van der Waals surface area contributed by atoms with Crippen LogP contribution in [0.2, 0.25) is 0 Å². The third kappa shape index (κ3) is 4.85. The Hall–Kier alpha value is -0.460. The van der Waals surface area contributed by atoms with Crippen molar-refractivity contribution in [3.63, 3.8) is 0 Å². The van der Waals surface area contributed by atoms with Crippen LogP contribution in [0.15, 0.2) is 4.99 Å². The SMILES string of the molecule is CN=C(NCC1CCOCC1)NCC1(O)CCSC1. The number of guanidine groups is 1. The fourth-order valence-corrected chi connectivity index (χ4v) is 3.69.